The maximum absolute atomic E-state index is 12.2. The molecule has 0 saturated heterocycles. The van der Waals surface area contributed by atoms with Crippen molar-refractivity contribution < 1.29 is 10.2 Å². The molecule has 1 heterocycles. The molecule has 2 aromatic rings. The molecule has 0 aliphatic rings. The van der Waals surface area contributed by atoms with Gasteiger partial charge in [-0.15, -0.1) is 0 Å². The fourth-order valence-corrected chi connectivity index (χ4v) is 2.40. The number of benzene rings is 1. The number of para-hydroxylation sites is 1. The van der Waals surface area contributed by atoms with Crippen molar-refractivity contribution in [1.29, 1.82) is 0 Å². The molecule has 2 N–H and O–H groups in total. The normalized spacial score (nSPS) is 12.7. The van der Waals surface area contributed by atoms with E-state index in [1.807, 2.05) is 0 Å². The van der Waals surface area contributed by atoms with E-state index in [1.54, 1.807) is 28.8 Å². The molecule has 6 nitrogen and oxygen atoms in total. The van der Waals surface area contributed by atoms with Gasteiger partial charge in [-0.05, 0) is 31.4 Å². The molecule has 1 aromatic heterocycles. The van der Waals surface area contributed by atoms with Crippen LogP contribution in [0.5, 0.6) is 0 Å². The van der Waals surface area contributed by atoms with E-state index in [-0.39, 0.29) is 17.9 Å². The SMILES string of the molecule is Cn1c(=O)c2ccccc2n(CCCCC(O)CO)c1=O. The lowest BCUT2D eigenvalue weighted by atomic mass is 10.1. The monoisotopic (exact) mass is 292 g/mol. The summed E-state index contributed by atoms with van der Waals surface area (Å²) in [5, 5.41) is 18.6. The lowest BCUT2D eigenvalue weighted by Crippen LogP contribution is -2.38. The second kappa shape index (κ2) is 6.69. The Morgan fingerprint density at radius 2 is 1.90 bits per heavy atom. The molecular weight excluding hydrogens is 272 g/mol. The summed E-state index contributed by atoms with van der Waals surface area (Å²) in [6, 6.07) is 7.05. The van der Waals surface area contributed by atoms with Crippen molar-refractivity contribution in [3.8, 4) is 0 Å². The molecule has 0 saturated carbocycles. The van der Waals surface area contributed by atoms with Gasteiger partial charge in [-0.1, -0.05) is 12.1 Å². The smallest absolute Gasteiger partial charge is 0.331 e. The number of hydrogen-bond acceptors (Lipinski definition) is 4. The van der Waals surface area contributed by atoms with Crippen LogP contribution in [0, 0.1) is 0 Å². The van der Waals surface area contributed by atoms with E-state index in [4.69, 9.17) is 5.11 Å². The van der Waals surface area contributed by atoms with Crippen LogP contribution in [0.2, 0.25) is 0 Å². The molecule has 0 aliphatic heterocycles. The number of aliphatic hydroxyl groups excluding tert-OH is 2. The van der Waals surface area contributed by atoms with Gasteiger partial charge in [0.2, 0.25) is 0 Å². The number of hydrogen-bond donors (Lipinski definition) is 2. The summed E-state index contributed by atoms with van der Waals surface area (Å²) in [7, 11) is 1.48. The zero-order valence-corrected chi connectivity index (χ0v) is 12.0. The summed E-state index contributed by atoms with van der Waals surface area (Å²) in [4.78, 5) is 24.3. The Bertz CT molecular complexity index is 733. The molecule has 21 heavy (non-hydrogen) atoms. The van der Waals surface area contributed by atoms with E-state index < -0.39 is 6.10 Å². The number of aryl methyl sites for hydroxylation is 1. The zero-order valence-electron chi connectivity index (χ0n) is 12.0. The lowest BCUT2D eigenvalue weighted by molar-refractivity contribution is 0.0859. The summed E-state index contributed by atoms with van der Waals surface area (Å²) in [5.74, 6) is 0. The Morgan fingerprint density at radius 3 is 2.62 bits per heavy atom. The summed E-state index contributed by atoms with van der Waals surface area (Å²) in [6.07, 6.45) is 1.18. The van der Waals surface area contributed by atoms with Crippen LogP contribution in [0.1, 0.15) is 19.3 Å². The van der Waals surface area contributed by atoms with Gasteiger partial charge in [0.1, 0.15) is 0 Å². The van der Waals surface area contributed by atoms with Crippen LogP contribution in [-0.4, -0.2) is 32.1 Å². The second-order valence-electron chi connectivity index (χ2n) is 5.15. The minimum absolute atomic E-state index is 0.247. The first-order valence-corrected chi connectivity index (χ1v) is 7.03. The van der Waals surface area contributed by atoms with E-state index in [1.165, 1.54) is 7.05 Å². The van der Waals surface area contributed by atoms with Gasteiger partial charge in [-0.3, -0.25) is 13.9 Å². The average molecular weight is 292 g/mol. The Morgan fingerprint density at radius 1 is 1.19 bits per heavy atom. The fourth-order valence-electron chi connectivity index (χ4n) is 2.40. The van der Waals surface area contributed by atoms with Gasteiger partial charge in [0.05, 0.1) is 23.6 Å². The van der Waals surface area contributed by atoms with Crippen molar-refractivity contribution in [1.82, 2.24) is 9.13 Å². The largest absolute Gasteiger partial charge is 0.394 e. The molecule has 0 spiro atoms. The maximum Gasteiger partial charge on any atom is 0.331 e. The Hall–Kier alpha value is -1.92. The van der Waals surface area contributed by atoms with Gasteiger partial charge < -0.3 is 10.2 Å². The van der Waals surface area contributed by atoms with Gasteiger partial charge in [0, 0.05) is 13.6 Å². The summed E-state index contributed by atoms with van der Waals surface area (Å²) < 4.78 is 2.70. The highest BCUT2D eigenvalue weighted by atomic mass is 16.3. The lowest BCUT2D eigenvalue weighted by Gasteiger charge is -2.12. The van der Waals surface area contributed by atoms with Crippen molar-refractivity contribution in [3.63, 3.8) is 0 Å². The van der Waals surface area contributed by atoms with Crippen LogP contribution >= 0.6 is 0 Å². The third kappa shape index (κ3) is 3.22. The van der Waals surface area contributed by atoms with Crippen LogP contribution in [0.3, 0.4) is 0 Å². The molecule has 1 aromatic carbocycles. The highest BCUT2D eigenvalue weighted by molar-refractivity contribution is 5.77. The number of nitrogens with zero attached hydrogens (tertiary/aromatic N) is 2. The van der Waals surface area contributed by atoms with Crippen molar-refractivity contribution in [3.05, 3.63) is 45.1 Å². The summed E-state index contributed by atoms with van der Waals surface area (Å²) in [6.45, 7) is 0.230. The Labute approximate surface area is 121 Å². The van der Waals surface area contributed by atoms with Crippen LogP contribution in [-0.2, 0) is 13.6 Å². The minimum atomic E-state index is -0.710. The topological polar surface area (TPSA) is 84.5 Å². The predicted octanol–water partition coefficient (Wildman–Crippen LogP) is 0.224. The van der Waals surface area contributed by atoms with Gasteiger partial charge in [-0.2, -0.15) is 0 Å². The van der Waals surface area contributed by atoms with Crippen LogP contribution in [0.25, 0.3) is 10.9 Å². The van der Waals surface area contributed by atoms with E-state index in [9.17, 15) is 14.7 Å². The van der Waals surface area contributed by atoms with Gasteiger partial charge >= 0.3 is 5.69 Å². The zero-order chi connectivity index (χ0) is 15.4. The molecule has 0 aliphatic carbocycles. The quantitative estimate of drug-likeness (QED) is 0.746. The summed E-state index contributed by atoms with van der Waals surface area (Å²) >= 11 is 0. The predicted molar refractivity (Wildman–Crippen MR) is 80.4 cm³/mol. The molecule has 1 unspecified atom stereocenters. The van der Waals surface area contributed by atoms with E-state index in [0.717, 1.165) is 4.57 Å². The highest BCUT2D eigenvalue weighted by Gasteiger charge is 2.10. The number of unbranched alkanes of at least 4 members (excludes halogenated alkanes) is 1. The third-order valence-electron chi connectivity index (χ3n) is 3.63. The maximum atomic E-state index is 12.2. The molecule has 0 amide bonds. The van der Waals surface area contributed by atoms with Crippen LogP contribution < -0.4 is 11.2 Å². The molecule has 114 valence electrons. The molecule has 0 fully saturated rings. The standard InChI is InChI=1S/C15H20N2O4/c1-16-14(20)12-7-2-3-8-13(12)17(15(16)21)9-5-4-6-11(19)10-18/h2-3,7-8,11,18-19H,4-6,9-10H2,1H3. The van der Waals surface area contributed by atoms with Gasteiger partial charge in [0.15, 0.2) is 0 Å². The molecule has 6 heteroatoms. The highest BCUT2D eigenvalue weighted by Crippen LogP contribution is 2.09. The minimum Gasteiger partial charge on any atom is -0.394 e. The Balaban J connectivity index is 2.27. The van der Waals surface area contributed by atoms with Crippen molar-refractivity contribution in [2.75, 3.05) is 6.61 Å². The van der Waals surface area contributed by atoms with Crippen molar-refractivity contribution >= 4 is 10.9 Å². The number of aromatic nitrogens is 2. The van der Waals surface area contributed by atoms with Crippen molar-refractivity contribution in [2.24, 2.45) is 7.05 Å². The molecule has 0 radical (unpaired) electrons. The first kappa shape index (κ1) is 15.5. The van der Waals surface area contributed by atoms with Gasteiger partial charge in [-0.25, -0.2) is 4.79 Å². The Kier molecular flexibility index (Phi) is 4.93. The number of aliphatic hydroxyl groups is 2. The summed E-state index contributed by atoms with van der Waals surface area (Å²) in [5.41, 5.74) is 0.0114. The number of rotatable bonds is 6. The van der Waals surface area contributed by atoms with E-state index in [0.29, 0.717) is 36.7 Å². The van der Waals surface area contributed by atoms with Crippen molar-refractivity contribution in [2.45, 2.75) is 31.9 Å². The van der Waals surface area contributed by atoms with Crippen LogP contribution in [0.15, 0.2) is 33.9 Å². The third-order valence-corrected chi connectivity index (χ3v) is 3.63. The molecular formula is C15H20N2O4. The first-order chi connectivity index (χ1) is 10.1. The molecule has 1 atom stereocenters. The van der Waals surface area contributed by atoms with Crippen LogP contribution in [0.4, 0.5) is 0 Å². The number of fused-ring (bicyclic) bond motifs is 1. The second-order valence-corrected chi connectivity index (χ2v) is 5.15. The van der Waals surface area contributed by atoms with E-state index >= 15 is 0 Å². The fraction of sp³-hybridized carbons (Fsp3) is 0.467. The average Bonchev–Trinajstić information content (AvgIpc) is 2.51. The molecule has 0 bridgehead atoms. The van der Waals surface area contributed by atoms with Gasteiger partial charge in [0.25, 0.3) is 5.56 Å². The molecule has 2 rings (SSSR count). The van der Waals surface area contributed by atoms with E-state index in [2.05, 4.69) is 0 Å². The first-order valence-electron chi connectivity index (χ1n) is 7.03.